The van der Waals surface area contributed by atoms with E-state index < -0.39 is 0 Å². The molecule has 0 N–H and O–H groups in total. The number of aromatic nitrogens is 4. The van der Waals surface area contributed by atoms with Crippen molar-refractivity contribution in [3.05, 3.63) is 60.4 Å². The van der Waals surface area contributed by atoms with Crippen LogP contribution in [0.2, 0.25) is 0 Å². The second-order valence-corrected chi connectivity index (χ2v) is 7.69. The number of amides is 1. The van der Waals surface area contributed by atoms with E-state index in [2.05, 4.69) is 26.7 Å². The number of likely N-dealkylation sites (N-methyl/N-ethyl adjacent to an activating group) is 1. The Morgan fingerprint density at radius 2 is 1.72 bits per heavy atom. The van der Waals surface area contributed by atoms with Crippen molar-refractivity contribution in [2.45, 2.75) is 44.1 Å². The smallest absolute Gasteiger partial charge is 0.240 e. The molecular weight excluding hydrogens is 382 g/mol. The Morgan fingerprint density at radius 1 is 1.03 bits per heavy atom. The highest BCUT2D eigenvalue weighted by Gasteiger charge is 2.28. The van der Waals surface area contributed by atoms with Crippen molar-refractivity contribution < 1.29 is 4.79 Å². The minimum Gasteiger partial charge on any atom is -0.342 e. The standard InChI is InChI=1S/C22H27N5OS/c1-4-16-27-20(18-12-14-23-15-13-18)24-25-22(27)29-19(17-10-8-7-9-11-17)21(28)26(5-2)6-3/h7-15,19H,4-6,16H2,1-3H3. The first-order chi connectivity index (χ1) is 14.2. The van der Waals surface area contributed by atoms with Crippen molar-refractivity contribution in [1.82, 2.24) is 24.6 Å². The average molecular weight is 410 g/mol. The van der Waals surface area contributed by atoms with Gasteiger partial charge in [0.2, 0.25) is 5.91 Å². The zero-order valence-electron chi connectivity index (χ0n) is 17.2. The van der Waals surface area contributed by atoms with Gasteiger partial charge < -0.3 is 9.47 Å². The predicted octanol–water partition coefficient (Wildman–Crippen LogP) is 4.45. The van der Waals surface area contributed by atoms with E-state index in [0.29, 0.717) is 13.1 Å². The minimum atomic E-state index is -0.360. The summed E-state index contributed by atoms with van der Waals surface area (Å²) < 4.78 is 2.10. The van der Waals surface area contributed by atoms with Gasteiger partial charge in [-0.2, -0.15) is 0 Å². The van der Waals surface area contributed by atoms with Crippen LogP contribution in [0.5, 0.6) is 0 Å². The molecule has 0 spiro atoms. The van der Waals surface area contributed by atoms with E-state index in [9.17, 15) is 4.79 Å². The third-order valence-corrected chi connectivity index (χ3v) is 5.95. The van der Waals surface area contributed by atoms with Gasteiger partial charge in [-0.1, -0.05) is 49.0 Å². The summed E-state index contributed by atoms with van der Waals surface area (Å²) in [6, 6.07) is 13.8. The highest BCUT2D eigenvalue weighted by atomic mass is 32.2. The molecule has 0 aliphatic rings. The van der Waals surface area contributed by atoms with Gasteiger partial charge in [0.15, 0.2) is 11.0 Å². The Morgan fingerprint density at radius 3 is 2.34 bits per heavy atom. The molecule has 3 rings (SSSR count). The van der Waals surface area contributed by atoms with Gasteiger partial charge in [-0.15, -0.1) is 10.2 Å². The molecule has 0 radical (unpaired) electrons. The zero-order chi connectivity index (χ0) is 20.6. The molecule has 6 nitrogen and oxygen atoms in total. The lowest BCUT2D eigenvalue weighted by Gasteiger charge is -2.25. The van der Waals surface area contributed by atoms with Crippen molar-refractivity contribution in [2.75, 3.05) is 13.1 Å². The normalized spacial score (nSPS) is 12.0. The Kier molecular flexibility index (Phi) is 7.41. The van der Waals surface area contributed by atoms with Gasteiger partial charge in [0, 0.05) is 37.6 Å². The summed E-state index contributed by atoms with van der Waals surface area (Å²) in [7, 11) is 0. The molecule has 0 bridgehead atoms. The van der Waals surface area contributed by atoms with Gasteiger partial charge in [-0.25, -0.2) is 0 Å². The lowest BCUT2D eigenvalue weighted by atomic mass is 10.1. The summed E-state index contributed by atoms with van der Waals surface area (Å²) in [4.78, 5) is 19.3. The molecule has 1 unspecified atom stereocenters. The molecule has 0 fully saturated rings. The van der Waals surface area contributed by atoms with Gasteiger partial charge in [0.05, 0.1) is 0 Å². The number of carbonyl (C=O) groups is 1. The topological polar surface area (TPSA) is 63.9 Å². The summed E-state index contributed by atoms with van der Waals surface area (Å²) in [5, 5.41) is 9.29. The van der Waals surface area contributed by atoms with Crippen molar-refractivity contribution in [2.24, 2.45) is 0 Å². The number of rotatable bonds is 9. The Hall–Kier alpha value is -2.67. The van der Waals surface area contributed by atoms with Gasteiger partial charge in [0.1, 0.15) is 5.25 Å². The quantitative estimate of drug-likeness (QED) is 0.489. The molecule has 2 heterocycles. The Bertz CT molecular complexity index is 909. The first-order valence-electron chi connectivity index (χ1n) is 10.0. The third-order valence-electron chi connectivity index (χ3n) is 4.73. The molecule has 0 aliphatic heterocycles. The maximum atomic E-state index is 13.3. The molecular formula is C22H27N5OS. The van der Waals surface area contributed by atoms with Crippen LogP contribution in [-0.2, 0) is 11.3 Å². The molecule has 152 valence electrons. The Balaban J connectivity index is 1.99. The number of pyridine rings is 1. The first-order valence-corrected chi connectivity index (χ1v) is 10.9. The molecule has 29 heavy (non-hydrogen) atoms. The molecule has 2 aromatic heterocycles. The molecule has 0 aliphatic carbocycles. The van der Waals surface area contributed by atoms with Crippen LogP contribution in [0.15, 0.2) is 60.0 Å². The summed E-state index contributed by atoms with van der Waals surface area (Å²) in [6.45, 7) is 8.30. The number of nitrogens with zero attached hydrogens (tertiary/aromatic N) is 5. The number of hydrogen-bond donors (Lipinski definition) is 0. The van der Waals surface area contributed by atoms with Crippen LogP contribution in [0.1, 0.15) is 38.0 Å². The SMILES string of the molecule is CCCn1c(SC(C(=O)N(CC)CC)c2ccccc2)nnc1-c1ccncc1. The number of carbonyl (C=O) groups excluding carboxylic acids is 1. The van der Waals surface area contributed by atoms with Gasteiger partial charge in [-0.3, -0.25) is 9.78 Å². The van der Waals surface area contributed by atoms with E-state index in [0.717, 1.165) is 35.1 Å². The second-order valence-electron chi connectivity index (χ2n) is 6.61. The molecule has 1 atom stereocenters. The zero-order valence-corrected chi connectivity index (χ0v) is 18.0. The van der Waals surface area contributed by atoms with Crippen molar-refractivity contribution in [1.29, 1.82) is 0 Å². The lowest BCUT2D eigenvalue weighted by Crippen LogP contribution is -2.34. The van der Waals surface area contributed by atoms with Gasteiger partial charge >= 0.3 is 0 Å². The Labute approximate surface area is 176 Å². The fourth-order valence-corrected chi connectivity index (χ4v) is 4.36. The van der Waals surface area contributed by atoms with Crippen LogP contribution in [0.25, 0.3) is 11.4 Å². The van der Waals surface area contributed by atoms with E-state index in [1.165, 1.54) is 11.8 Å². The summed E-state index contributed by atoms with van der Waals surface area (Å²) in [6.07, 6.45) is 4.46. The summed E-state index contributed by atoms with van der Waals surface area (Å²) in [5.41, 5.74) is 1.95. The molecule has 1 aromatic carbocycles. The van der Waals surface area contributed by atoms with Crippen LogP contribution in [0, 0.1) is 0 Å². The van der Waals surface area contributed by atoms with Crippen LogP contribution < -0.4 is 0 Å². The van der Waals surface area contributed by atoms with E-state index in [4.69, 9.17) is 0 Å². The number of thioether (sulfide) groups is 1. The van der Waals surface area contributed by atoms with Gasteiger partial charge in [-0.05, 0) is 38.0 Å². The predicted molar refractivity (Wildman–Crippen MR) is 117 cm³/mol. The van der Waals surface area contributed by atoms with Crippen LogP contribution in [0.3, 0.4) is 0 Å². The maximum Gasteiger partial charge on any atom is 0.240 e. The van der Waals surface area contributed by atoms with Crippen molar-refractivity contribution in [3.8, 4) is 11.4 Å². The summed E-state index contributed by atoms with van der Waals surface area (Å²) in [5.74, 6) is 0.904. The fourth-order valence-electron chi connectivity index (χ4n) is 3.21. The van der Waals surface area contributed by atoms with Crippen LogP contribution >= 0.6 is 11.8 Å². The number of hydrogen-bond acceptors (Lipinski definition) is 5. The van der Waals surface area contributed by atoms with Crippen LogP contribution in [0.4, 0.5) is 0 Å². The van der Waals surface area contributed by atoms with E-state index in [1.807, 2.05) is 61.2 Å². The van der Waals surface area contributed by atoms with E-state index >= 15 is 0 Å². The van der Waals surface area contributed by atoms with Crippen LogP contribution in [-0.4, -0.2) is 43.6 Å². The highest BCUT2D eigenvalue weighted by Crippen LogP contribution is 2.37. The molecule has 3 aromatic rings. The van der Waals surface area contributed by atoms with Crippen molar-refractivity contribution >= 4 is 17.7 Å². The highest BCUT2D eigenvalue weighted by molar-refractivity contribution is 8.00. The molecule has 0 saturated heterocycles. The second kappa shape index (κ2) is 10.2. The monoisotopic (exact) mass is 409 g/mol. The number of benzene rings is 1. The minimum absolute atomic E-state index is 0.0997. The fraction of sp³-hybridized carbons (Fsp3) is 0.364. The molecule has 7 heteroatoms. The maximum absolute atomic E-state index is 13.3. The van der Waals surface area contributed by atoms with E-state index in [-0.39, 0.29) is 11.2 Å². The first kappa shape index (κ1) is 21.0. The average Bonchev–Trinajstić information content (AvgIpc) is 3.16. The molecule has 1 amide bonds. The largest absolute Gasteiger partial charge is 0.342 e. The van der Waals surface area contributed by atoms with Gasteiger partial charge in [0.25, 0.3) is 0 Å². The lowest BCUT2D eigenvalue weighted by molar-refractivity contribution is -0.130. The van der Waals surface area contributed by atoms with E-state index in [1.54, 1.807) is 12.4 Å². The molecule has 0 saturated carbocycles. The third kappa shape index (κ3) is 4.85. The van der Waals surface area contributed by atoms with Crippen molar-refractivity contribution in [3.63, 3.8) is 0 Å². The summed E-state index contributed by atoms with van der Waals surface area (Å²) >= 11 is 1.47.